The molecule has 0 unspecified atom stereocenters. The minimum atomic E-state index is -0.225. The maximum absolute atomic E-state index is 12.0. The lowest BCUT2D eigenvalue weighted by Crippen LogP contribution is -2.20. The zero-order valence-electron chi connectivity index (χ0n) is 14.7. The first-order chi connectivity index (χ1) is 11.5. The molecule has 2 aromatic rings. The molecule has 24 heavy (non-hydrogen) atoms. The van der Waals surface area contributed by atoms with Crippen molar-refractivity contribution in [1.82, 2.24) is 10.2 Å². The Labute approximate surface area is 147 Å². The maximum atomic E-state index is 12.0. The van der Waals surface area contributed by atoms with E-state index in [2.05, 4.69) is 49.3 Å². The van der Waals surface area contributed by atoms with Gasteiger partial charge in [-0.2, -0.15) is 0 Å². The quantitative estimate of drug-likeness (QED) is 0.759. The summed E-state index contributed by atoms with van der Waals surface area (Å²) in [6, 6.07) is 7.82. The van der Waals surface area contributed by atoms with Crippen LogP contribution in [-0.2, 0) is 4.79 Å². The highest BCUT2D eigenvalue weighted by atomic mass is 32.1. The van der Waals surface area contributed by atoms with E-state index in [4.69, 9.17) is 4.74 Å². The zero-order chi connectivity index (χ0) is 17.5. The number of ether oxygens (including phenoxy) is 1. The largest absolute Gasteiger partial charge is 0.484 e. The van der Waals surface area contributed by atoms with Gasteiger partial charge in [0.25, 0.3) is 5.91 Å². The van der Waals surface area contributed by atoms with Crippen molar-refractivity contribution in [3.63, 3.8) is 0 Å². The highest BCUT2D eigenvalue weighted by Crippen LogP contribution is 2.28. The highest BCUT2D eigenvalue weighted by molar-refractivity contribution is 7.15. The van der Waals surface area contributed by atoms with E-state index in [1.54, 1.807) is 0 Å². The van der Waals surface area contributed by atoms with Crippen molar-refractivity contribution in [2.75, 3.05) is 11.9 Å². The van der Waals surface area contributed by atoms with Crippen molar-refractivity contribution in [2.24, 2.45) is 0 Å². The van der Waals surface area contributed by atoms with Crippen molar-refractivity contribution in [3.05, 3.63) is 34.8 Å². The van der Waals surface area contributed by atoms with Crippen molar-refractivity contribution in [3.8, 4) is 5.75 Å². The number of anilines is 1. The van der Waals surface area contributed by atoms with Crippen LogP contribution in [0.25, 0.3) is 0 Å². The van der Waals surface area contributed by atoms with Gasteiger partial charge in [-0.15, -0.1) is 10.2 Å². The fourth-order valence-corrected chi connectivity index (χ4v) is 3.38. The van der Waals surface area contributed by atoms with Crippen LogP contribution in [0.1, 0.15) is 62.9 Å². The molecule has 2 rings (SSSR count). The molecular formula is C18H25N3O2S. The molecule has 0 aliphatic rings. The lowest BCUT2D eigenvalue weighted by Gasteiger charge is -2.09. The standard InChI is InChI=1S/C18H25N3O2S/c1-5-13(6-2)17-20-21-18(24-17)19-16(22)11-23-15-9-7-8-14(10-15)12(3)4/h7-10,12-13H,5-6,11H2,1-4H3,(H,19,21,22). The number of hydrogen-bond donors (Lipinski definition) is 1. The average Bonchev–Trinajstić information content (AvgIpc) is 3.02. The van der Waals surface area contributed by atoms with E-state index >= 15 is 0 Å². The van der Waals surface area contributed by atoms with Crippen LogP contribution in [0, 0.1) is 0 Å². The van der Waals surface area contributed by atoms with Gasteiger partial charge in [-0.25, -0.2) is 0 Å². The number of carbonyl (C=O) groups is 1. The number of carbonyl (C=O) groups excluding carboxylic acids is 1. The number of nitrogens with one attached hydrogen (secondary N) is 1. The second-order valence-corrected chi connectivity index (χ2v) is 7.03. The summed E-state index contributed by atoms with van der Waals surface area (Å²) in [4.78, 5) is 12.0. The molecule has 1 aromatic heterocycles. The van der Waals surface area contributed by atoms with Gasteiger partial charge in [0, 0.05) is 5.92 Å². The summed E-state index contributed by atoms with van der Waals surface area (Å²) >= 11 is 1.44. The molecule has 1 heterocycles. The van der Waals surface area contributed by atoms with E-state index in [1.807, 2.05) is 18.2 Å². The Balaban J connectivity index is 1.88. The summed E-state index contributed by atoms with van der Waals surface area (Å²) in [5.41, 5.74) is 1.19. The molecule has 6 heteroatoms. The molecule has 1 aromatic carbocycles. The number of nitrogens with zero attached hydrogens (tertiary/aromatic N) is 2. The molecule has 0 aliphatic heterocycles. The van der Waals surface area contributed by atoms with Crippen LogP contribution >= 0.6 is 11.3 Å². The number of aromatic nitrogens is 2. The van der Waals surface area contributed by atoms with Gasteiger partial charge in [-0.1, -0.05) is 51.2 Å². The fraction of sp³-hybridized carbons (Fsp3) is 0.500. The van der Waals surface area contributed by atoms with E-state index < -0.39 is 0 Å². The molecule has 5 nitrogen and oxygen atoms in total. The smallest absolute Gasteiger partial charge is 0.264 e. The number of amides is 1. The molecule has 0 atom stereocenters. The molecule has 1 N–H and O–H groups in total. The summed E-state index contributed by atoms with van der Waals surface area (Å²) in [5.74, 6) is 1.30. The Hall–Kier alpha value is -1.95. The van der Waals surface area contributed by atoms with Gasteiger partial charge in [-0.05, 0) is 36.5 Å². The van der Waals surface area contributed by atoms with Gasteiger partial charge in [-0.3, -0.25) is 10.1 Å². The molecule has 130 valence electrons. The lowest BCUT2D eigenvalue weighted by molar-refractivity contribution is -0.118. The summed E-state index contributed by atoms with van der Waals surface area (Å²) < 4.78 is 5.57. The third-order valence-electron chi connectivity index (χ3n) is 3.92. The third kappa shape index (κ3) is 5.03. The summed E-state index contributed by atoms with van der Waals surface area (Å²) in [6.07, 6.45) is 2.04. The van der Waals surface area contributed by atoms with Crippen LogP contribution in [0.3, 0.4) is 0 Å². The van der Waals surface area contributed by atoms with Gasteiger partial charge in [0.2, 0.25) is 5.13 Å². The lowest BCUT2D eigenvalue weighted by atomic mass is 10.0. The number of benzene rings is 1. The molecular weight excluding hydrogens is 322 g/mol. The van der Waals surface area contributed by atoms with Gasteiger partial charge < -0.3 is 4.74 Å². The normalized spacial score (nSPS) is 11.1. The predicted octanol–water partition coefficient (Wildman–Crippen LogP) is 4.58. The maximum Gasteiger partial charge on any atom is 0.264 e. The molecule has 0 radical (unpaired) electrons. The Kier molecular flexibility index (Phi) is 6.73. The van der Waals surface area contributed by atoms with Crippen LogP contribution in [-0.4, -0.2) is 22.7 Å². The van der Waals surface area contributed by atoms with Crippen LogP contribution in [0.5, 0.6) is 5.75 Å². The number of hydrogen-bond acceptors (Lipinski definition) is 5. The first kappa shape index (κ1) is 18.4. The van der Waals surface area contributed by atoms with Crippen molar-refractivity contribution in [2.45, 2.75) is 52.4 Å². The van der Waals surface area contributed by atoms with Crippen molar-refractivity contribution >= 4 is 22.4 Å². The van der Waals surface area contributed by atoms with E-state index in [-0.39, 0.29) is 12.5 Å². The topological polar surface area (TPSA) is 64.1 Å². The monoisotopic (exact) mass is 347 g/mol. The minimum absolute atomic E-state index is 0.0402. The van der Waals surface area contributed by atoms with Gasteiger partial charge in [0.05, 0.1) is 0 Å². The van der Waals surface area contributed by atoms with Crippen LogP contribution in [0.2, 0.25) is 0 Å². The molecule has 0 aliphatic carbocycles. The average molecular weight is 347 g/mol. The molecule has 0 saturated carbocycles. The highest BCUT2D eigenvalue weighted by Gasteiger charge is 2.14. The number of rotatable bonds is 8. The van der Waals surface area contributed by atoms with Gasteiger partial charge >= 0.3 is 0 Å². The minimum Gasteiger partial charge on any atom is -0.484 e. The Morgan fingerprint density at radius 2 is 2.00 bits per heavy atom. The van der Waals surface area contributed by atoms with Crippen LogP contribution in [0.15, 0.2) is 24.3 Å². The fourth-order valence-electron chi connectivity index (χ4n) is 2.36. The second kappa shape index (κ2) is 8.78. The third-order valence-corrected chi connectivity index (χ3v) is 4.92. The molecule has 0 fully saturated rings. The molecule has 0 saturated heterocycles. The zero-order valence-corrected chi connectivity index (χ0v) is 15.5. The van der Waals surface area contributed by atoms with E-state index in [9.17, 15) is 4.79 Å². The Morgan fingerprint density at radius 1 is 1.25 bits per heavy atom. The van der Waals surface area contributed by atoms with Crippen LogP contribution in [0.4, 0.5) is 5.13 Å². The summed E-state index contributed by atoms with van der Waals surface area (Å²) in [7, 11) is 0. The molecule has 1 amide bonds. The predicted molar refractivity (Wildman–Crippen MR) is 97.9 cm³/mol. The first-order valence-corrected chi connectivity index (χ1v) is 9.21. The van der Waals surface area contributed by atoms with Crippen molar-refractivity contribution < 1.29 is 9.53 Å². The van der Waals surface area contributed by atoms with E-state index in [0.29, 0.717) is 22.7 Å². The van der Waals surface area contributed by atoms with Gasteiger partial charge in [0.1, 0.15) is 10.8 Å². The SMILES string of the molecule is CCC(CC)c1nnc(NC(=O)COc2cccc(C(C)C)c2)s1. The Morgan fingerprint density at radius 3 is 2.67 bits per heavy atom. The molecule has 0 bridgehead atoms. The second-order valence-electron chi connectivity index (χ2n) is 6.02. The van der Waals surface area contributed by atoms with Crippen LogP contribution < -0.4 is 10.1 Å². The first-order valence-electron chi connectivity index (χ1n) is 8.39. The Bertz CT molecular complexity index is 666. The summed E-state index contributed by atoms with van der Waals surface area (Å²) in [5, 5.41) is 12.5. The van der Waals surface area contributed by atoms with Gasteiger partial charge in [0.15, 0.2) is 6.61 Å². The molecule has 0 spiro atoms. The van der Waals surface area contributed by atoms with Crippen molar-refractivity contribution in [1.29, 1.82) is 0 Å². The van der Waals surface area contributed by atoms with E-state index in [1.165, 1.54) is 16.9 Å². The van der Waals surface area contributed by atoms with E-state index in [0.717, 1.165) is 17.8 Å². The summed E-state index contributed by atoms with van der Waals surface area (Å²) in [6.45, 7) is 8.47.